The van der Waals surface area contributed by atoms with Gasteiger partial charge in [-0.2, -0.15) is 0 Å². The van der Waals surface area contributed by atoms with E-state index < -0.39 is 5.41 Å². The van der Waals surface area contributed by atoms with Crippen molar-refractivity contribution >= 4 is 49.8 Å². The smallest absolute Gasteiger partial charge is 0.143 e. The summed E-state index contributed by atoms with van der Waals surface area (Å²) >= 11 is 0. The van der Waals surface area contributed by atoms with Gasteiger partial charge in [-0.05, 0) is 120 Å². The molecule has 0 unspecified atom stereocenters. The van der Waals surface area contributed by atoms with Crippen LogP contribution in [0.4, 0.5) is 17.1 Å². The van der Waals surface area contributed by atoms with Gasteiger partial charge in [0.25, 0.3) is 0 Å². The summed E-state index contributed by atoms with van der Waals surface area (Å²) in [7, 11) is 0. The van der Waals surface area contributed by atoms with E-state index in [1.54, 1.807) is 0 Å². The molecule has 0 spiro atoms. The van der Waals surface area contributed by atoms with Gasteiger partial charge in [0.05, 0.1) is 11.1 Å². The van der Waals surface area contributed by atoms with Crippen molar-refractivity contribution in [1.29, 1.82) is 0 Å². The molecule has 0 bridgehead atoms. The zero-order valence-corrected chi connectivity index (χ0v) is 40.0. The Morgan fingerprint density at radius 2 is 0.795 bits per heavy atom. The predicted octanol–water partition coefficient (Wildman–Crippen LogP) is 19.2. The monoisotopic (exact) mass is 929 g/mol. The average Bonchev–Trinajstić information content (AvgIpc) is 4.01. The largest absolute Gasteiger partial charge is 0.455 e. The lowest BCUT2D eigenvalue weighted by molar-refractivity contribution is 0.670. The van der Waals surface area contributed by atoms with Crippen LogP contribution >= 0.6 is 0 Å². The van der Waals surface area contributed by atoms with E-state index in [-0.39, 0.29) is 0 Å². The predicted molar refractivity (Wildman–Crippen MR) is 305 cm³/mol. The average molecular weight is 930 g/mol. The van der Waals surface area contributed by atoms with Crippen LogP contribution in [0.3, 0.4) is 0 Å². The van der Waals surface area contributed by atoms with Gasteiger partial charge in [-0.15, -0.1) is 0 Å². The molecule has 0 radical (unpaired) electrons. The van der Waals surface area contributed by atoms with Crippen LogP contribution in [0.1, 0.15) is 22.3 Å². The lowest BCUT2D eigenvalue weighted by Gasteiger charge is -2.34. The zero-order valence-electron chi connectivity index (χ0n) is 40.0. The molecule has 13 aromatic rings. The number of nitrogens with zero attached hydrogens (tertiary/aromatic N) is 1. The molecular weight excluding hydrogens is 883 g/mol. The number of hydrogen-bond acceptors (Lipinski definition) is 2. The normalized spacial score (nSPS) is 12.5. The summed E-state index contributed by atoms with van der Waals surface area (Å²) in [6, 6.07) is 104. The molecule has 2 heteroatoms. The van der Waals surface area contributed by atoms with Gasteiger partial charge in [0.2, 0.25) is 0 Å². The van der Waals surface area contributed by atoms with Gasteiger partial charge >= 0.3 is 0 Å². The fraction of sp³-hybridized carbons (Fsp3) is 0.0141. The van der Waals surface area contributed by atoms with E-state index in [9.17, 15) is 0 Å². The first-order chi connectivity index (χ1) is 36.2. The van der Waals surface area contributed by atoms with E-state index in [1.165, 1.54) is 66.4 Å². The molecule has 1 aromatic heterocycles. The minimum atomic E-state index is -0.473. The van der Waals surface area contributed by atoms with Gasteiger partial charge in [0.15, 0.2) is 0 Å². The Balaban J connectivity index is 0.891. The number of rotatable bonds is 9. The van der Waals surface area contributed by atoms with Crippen LogP contribution in [-0.2, 0) is 5.41 Å². The third-order valence-electron chi connectivity index (χ3n) is 15.2. The Morgan fingerprint density at radius 3 is 1.52 bits per heavy atom. The Kier molecular flexibility index (Phi) is 10.1. The van der Waals surface area contributed by atoms with E-state index in [4.69, 9.17) is 4.42 Å². The molecule has 73 heavy (non-hydrogen) atoms. The van der Waals surface area contributed by atoms with Gasteiger partial charge < -0.3 is 9.32 Å². The molecule has 0 atom stereocenters. The van der Waals surface area contributed by atoms with Crippen molar-refractivity contribution in [1.82, 2.24) is 0 Å². The number of hydrogen-bond donors (Lipinski definition) is 0. The molecule has 0 saturated carbocycles. The molecule has 2 nitrogen and oxygen atoms in total. The van der Waals surface area contributed by atoms with Gasteiger partial charge in [0, 0.05) is 33.3 Å². The van der Waals surface area contributed by atoms with Crippen molar-refractivity contribution in [3.05, 3.63) is 307 Å². The third kappa shape index (κ3) is 6.94. The molecule has 12 aromatic carbocycles. The fourth-order valence-electron chi connectivity index (χ4n) is 11.8. The van der Waals surface area contributed by atoms with E-state index in [0.717, 1.165) is 61.3 Å². The maximum absolute atomic E-state index is 6.68. The number of furan rings is 1. The summed E-state index contributed by atoms with van der Waals surface area (Å²) in [4.78, 5) is 2.40. The summed E-state index contributed by atoms with van der Waals surface area (Å²) in [5, 5.41) is 4.72. The topological polar surface area (TPSA) is 16.4 Å². The summed E-state index contributed by atoms with van der Waals surface area (Å²) in [6.45, 7) is 0. The molecule has 1 aliphatic carbocycles. The first-order valence-electron chi connectivity index (χ1n) is 25.2. The highest BCUT2D eigenvalue weighted by Gasteiger charge is 2.46. The standard InChI is InChI=1S/C71H47NO/c1-3-19-55(20-4-1)71(56-21-5-2-6-22-56)65-29-12-9-25-64(65)69-59(26-16-30-66(69)71)52-41-45-58(46-42-52)72(67-31-13-10-23-60(67)62-27-15-28-63-61-24-11-14-32-68(61)73-70(62)63)57-43-39-50(40-44-57)49-33-35-51(36-34-49)54-38-37-48-17-7-8-18-53(48)47-54/h1-47H. The van der Waals surface area contributed by atoms with Crippen LogP contribution in [0.25, 0.3) is 88.3 Å². The molecule has 0 fully saturated rings. The maximum Gasteiger partial charge on any atom is 0.143 e. The molecule has 0 N–H and O–H groups in total. The van der Waals surface area contributed by atoms with Crippen molar-refractivity contribution in [2.45, 2.75) is 5.41 Å². The summed E-state index contributed by atoms with van der Waals surface area (Å²) in [6.07, 6.45) is 0. The van der Waals surface area contributed by atoms with Gasteiger partial charge in [0.1, 0.15) is 11.2 Å². The molecule has 14 rings (SSSR count). The van der Waals surface area contributed by atoms with Crippen molar-refractivity contribution < 1.29 is 4.42 Å². The minimum Gasteiger partial charge on any atom is -0.455 e. The molecule has 1 heterocycles. The minimum absolute atomic E-state index is 0.473. The number of anilines is 3. The number of para-hydroxylation sites is 3. The highest BCUT2D eigenvalue weighted by atomic mass is 16.3. The summed E-state index contributed by atoms with van der Waals surface area (Å²) < 4.78 is 6.68. The van der Waals surface area contributed by atoms with Crippen LogP contribution in [0, 0.1) is 0 Å². The van der Waals surface area contributed by atoms with Crippen molar-refractivity contribution in [3.63, 3.8) is 0 Å². The van der Waals surface area contributed by atoms with Crippen molar-refractivity contribution in [3.8, 4) is 55.6 Å². The SMILES string of the molecule is c1ccc(C2(c3ccccc3)c3ccccc3-c3c(-c4ccc(N(c5ccc(-c6ccc(-c7ccc8ccccc8c7)cc6)cc5)c5ccccc5-c5cccc6c5oc5ccccc56)cc4)cccc32)cc1. The van der Waals surface area contributed by atoms with Crippen molar-refractivity contribution in [2.24, 2.45) is 0 Å². The Hall–Kier alpha value is -9.50. The first-order valence-corrected chi connectivity index (χ1v) is 25.2. The zero-order chi connectivity index (χ0) is 48.3. The summed E-state index contributed by atoms with van der Waals surface area (Å²) in [5.74, 6) is 0. The van der Waals surface area contributed by atoms with Crippen LogP contribution < -0.4 is 4.90 Å². The van der Waals surface area contributed by atoms with Crippen LogP contribution in [0.15, 0.2) is 290 Å². The molecule has 0 amide bonds. The second kappa shape index (κ2) is 17.4. The number of fused-ring (bicyclic) bond motifs is 7. The first kappa shape index (κ1) is 42.4. The van der Waals surface area contributed by atoms with Gasteiger partial charge in [-0.25, -0.2) is 0 Å². The van der Waals surface area contributed by atoms with Gasteiger partial charge in [-0.1, -0.05) is 243 Å². The van der Waals surface area contributed by atoms with E-state index in [2.05, 4.69) is 284 Å². The van der Waals surface area contributed by atoms with Crippen LogP contribution in [-0.4, -0.2) is 0 Å². The molecule has 0 saturated heterocycles. The quantitative estimate of drug-likeness (QED) is 0.143. The maximum atomic E-state index is 6.68. The third-order valence-corrected chi connectivity index (χ3v) is 15.2. The highest BCUT2D eigenvalue weighted by Crippen LogP contribution is 2.58. The van der Waals surface area contributed by atoms with E-state index in [1.807, 2.05) is 6.07 Å². The Labute approximate surface area is 425 Å². The second-order valence-corrected chi connectivity index (χ2v) is 19.1. The fourth-order valence-corrected chi connectivity index (χ4v) is 11.8. The van der Waals surface area contributed by atoms with Crippen LogP contribution in [0.5, 0.6) is 0 Å². The highest BCUT2D eigenvalue weighted by molar-refractivity contribution is 6.11. The van der Waals surface area contributed by atoms with Gasteiger partial charge in [-0.3, -0.25) is 0 Å². The summed E-state index contributed by atoms with van der Waals surface area (Å²) in [5.41, 5.74) is 21.4. The van der Waals surface area contributed by atoms with Crippen LogP contribution in [0.2, 0.25) is 0 Å². The molecule has 0 aliphatic heterocycles. The lowest BCUT2D eigenvalue weighted by atomic mass is 9.67. The van der Waals surface area contributed by atoms with Crippen molar-refractivity contribution in [2.75, 3.05) is 4.90 Å². The van der Waals surface area contributed by atoms with E-state index in [0.29, 0.717) is 0 Å². The molecular formula is C71H47NO. The van der Waals surface area contributed by atoms with E-state index >= 15 is 0 Å². The number of benzene rings is 12. The Bertz CT molecular complexity index is 4130. The lowest BCUT2D eigenvalue weighted by Crippen LogP contribution is -2.28. The Morgan fingerprint density at radius 1 is 0.301 bits per heavy atom. The second-order valence-electron chi connectivity index (χ2n) is 19.1. The molecule has 1 aliphatic rings. The molecule has 342 valence electrons.